The third kappa shape index (κ3) is 3.60. The number of carbonyl (C=O) groups is 2. The lowest BCUT2D eigenvalue weighted by Gasteiger charge is -2.22. The van der Waals surface area contributed by atoms with E-state index in [1.54, 1.807) is 25.1 Å². The van der Waals surface area contributed by atoms with E-state index >= 15 is 0 Å². The van der Waals surface area contributed by atoms with Gasteiger partial charge in [-0.05, 0) is 24.1 Å². The van der Waals surface area contributed by atoms with Crippen LogP contribution < -0.4 is 16.0 Å². The Hall–Kier alpha value is -2.73. The number of amides is 2. The first-order valence-corrected chi connectivity index (χ1v) is 8.66. The van der Waals surface area contributed by atoms with Crippen LogP contribution in [0, 0.1) is 11.7 Å². The van der Waals surface area contributed by atoms with Crippen LogP contribution in [0.3, 0.4) is 0 Å². The summed E-state index contributed by atoms with van der Waals surface area (Å²) in [6, 6.07) is 14.4. The topological polar surface area (TPSA) is 75.4 Å². The van der Waals surface area contributed by atoms with Crippen LogP contribution in [0.2, 0.25) is 0 Å². The molecule has 3 rings (SSSR count). The number of benzene rings is 2. The zero-order valence-electron chi connectivity index (χ0n) is 14.6. The van der Waals surface area contributed by atoms with Gasteiger partial charge in [-0.15, -0.1) is 0 Å². The highest BCUT2D eigenvalue weighted by molar-refractivity contribution is 6.01. The van der Waals surface area contributed by atoms with Gasteiger partial charge in [0.05, 0.1) is 11.6 Å². The lowest BCUT2D eigenvalue weighted by atomic mass is 9.94. The Labute approximate surface area is 152 Å². The second kappa shape index (κ2) is 7.66. The lowest BCUT2D eigenvalue weighted by Crippen LogP contribution is -2.45. The Bertz CT molecular complexity index is 797. The van der Waals surface area contributed by atoms with Crippen molar-refractivity contribution in [2.75, 3.05) is 11.4 Å². The molecule has 3 N–H and O–H groups in total. The molecule has 1 fully saturated rings. The monoisotopic (exact) mass is 355 g/mol. The van der Waals surface area contributed by atoms with Crippen molar-refractivity contribution in [2.45, 2.75) is 25.4 Å². The van der Waals surface area contributed by atoms with Crippen molar-refractivity contribution < 1.29 is 14.0 Å². The van der Waals surface area contributed by atoms with E-state index in [0.29, 0.717) is 13.0 Å². The van der Waals surface area contributed by atoms with Crippen LogP contribution in [0.5, 0.6) is 0 Å². The molecule has 0 aliphatic carbocycles. The fourth-order valence-electron chi connectivity index (χ4n) is 3.15. The third-order valence-corrected chi connectivity index (χ3v) is 4.80. The van der Waals surface area contributed by atoms with E-state index in [0.717, 1.165) is 5.56 Å². The predicted molar refractivity (Wildman–Crippen MR) is 97.8 cm³/mol. The van der Waals surface area contributed by atoms with E-state index in [1.165, 1.54) is 11.0 Å². The van der Waals surface area contributed by atoms with Gasteiger partial charge in [0.2, 0.25) is 11.8 Å². The van der Waals surface area contributed by atoms with Crippen molar-refractivity contribution in [1.82, 2.24) is 5.32 Å². The van der Waals surface area contributed by atoms with Crippen molar-refractivity contribution in [3.05, 3.63) is 66.0 Å². The van der Waals surface area contributed by atoms with Crippen molar-refractivity contribution in [2.24, 2.45) is 11.7 Å². The van der Waals surface area contributed by atoms with Crippen LogP contribution in [-0.4, -0.2) is 24.4 Å². The van der Waals surface area contributed by atoms with Gasteiger partial charge < -0.3 is 16.0 Å². The molecule has 2 aromatic carbocycles. The zero-order valence-corrected chi connectivity index (χ0v) is 14.6. The molecule has 3 unspecified atom stereocenters. The van der Waals surface area contributed by atoms with Gasteiger partial charge in [-0.1, -0.05) is 49.4 Å². The Morgan fingerprint density at radius 2 is 1.85 bits per heavy atom. The number of rotatable bonds is 5. The standard InChI is InChI=1S/C20H22FN3O2/c1-13(18(22)14-7-3-2-4-8-14)19(25)23-16-11-12-24(20(16)26)17-10-6-5-9-15(17)21/h2-10,13,16,18H,11-12,22H2,1H3,(H,23,25). The number of hydrogen-bond acceptors (Lipinski definition) is 3. The molecular formula is C20H22FN3O2. The molecule has 0 bridgehead atoms. The summed E-state index contributed by atoms with van der Waals surface area (Å²) in [4.78, 5) is 26.5. The number of hydrogen-bond donors (Lipinski definition) is 2. The minimum absolute atomic E-state index is 0.239. The summed E-state index contributed by atoms with van der Waals surface area (Å²) < 4.78 is 13.9. The van der Waals surface area contributed by atoms with Crippen molar-refractivity contribution in [3.8, 4) is 0 Å². The van der Waals surface area contributed by atoms with Gasteiger partial charge in [0.25, 0.3) is 0 Å². The van der Waals surface area contributed by atoms with Gasteiger partial charge in [0.15, 0.2) is 0 Å². The molecule has 5 nitrogen and oxygen atoms in total. The van der Waals surface area contributed by atoms with Crippen LogP contribution in [-0.2, 0) is 9.59 Å². The summed E-state index contributed by atoms with van der Waals surface area (Å²) in [6.07, 6.45) is 0.437. The van der Waals surface area contributed by atoms with E-state index in [2.05, 4.69) is 5.32 Å². The number of carbonyl (C=O) groups excluding carboxylic acids is 2. The Balaban J connectivity index is 1.65. The number of anilines is 1. The minimum Gasteiger partial charge on any atom is -0.344 e. The molecule has 1 aliphatic rings. The summed E-state index contributed by atoms with van der Waals surface area (Å²) in [5.74, 6) is -1.53. The molecular weight excluding hydrogens is 333 g/mol. The molecule has 0 saturated carbocycles. The molecule has 3 atom stereocenters. The maximum absolute atomic E-state index is 13.9. The molecule has 0 aromatic heterocycles. The van der Waals surface area contributed by atoms with Gasteiger partial charge in [-0.25, -0.2) is 4.39 Å². The molecule has 136 valence electrons. The highest BCUT2D eigenvalue weighted by Gasteiger charge is 2.36. The van der Waals surface area contributed by atoms with E-state index < -0.39 is 23.8 Å². The van der Waals surface area contributed by atoms with Crippen LogP contribution >= 0.6 is 0 Å². The van der Waals surface area contributed by atoms with Crippen LogP contribution in [0.1, 0.15) is 24.9 Å². The van der Waals surface area contributed by atoms with Crippen LogP contribution in [0.4, 0.5) is 10.1 Å². The third-order valence-electron chi connectivity index (χ3n) is 4.80. The summed E-state index contributed by atoms with van der Waals surface area (Å²) in [6.45, 7) is 2.10. The Morgan fingerprint density at radius 1 is 1.19 bits per heavy atom. The number of nitrogens with zero attached hydrogens (tertiary/aromatic N) is 1. The summed E-state index contributed by atoms with van der Waals surface area (Å²) >= 11 is 0. The maximum atomic E-state index is 13.9. The van der Waals surface area contributed by atoms with Crippen LogP contribution in [0.15, 0.2) is 54.6 Å². The van der Waals surface area contributed by atoms with Gasteiger partial charge in [-0.2, -0.15) is 0 Å². The molecule has 2 aromatic rings. The quantitative estimate of drug-likeness (QED) is 0.865. The molecule has 26 heavy (non-hydrogen) atoms. The smallest absolute Gasteiger partial charge is 0.249 e. The fraction of sp³-hybridized carbons (Fsp3) is 0.300. The van der Waals surface area contributed by atoms with Gasteiger partial charge >= 0.3 is 0 Å². The normalized spacial score (nSPS) is 19.3. The number of para-hydroxylation sites is 1. The Morgan fingerprint density at radius 3 is 2.54 bits per heavy atom. The number of nitrogens with one attached hydrogen (secondary N) is 1. The summed E-state index contributed by atoms with van der Waals surface area (Å²) in [7, 11) is 0. The molecule has 2 amide bonds. The highest BCUT2D eigenvalue weighted by Crippen LogP contribution is 2.25. The van der Waals surface area contributed by atoms with E-state index in [-0.39, 0.29) is 17.5 Å². The fourth-order valence-corrected chi connectivity index (χ4v) is 3.15. The molecule has 1 saturated heterocycles. The van der Waals surface area contributed by atoms with E-state index in [1.807, 2.05) is 30.3 Å². The maximum Gasteiger partial charge on any atom is 0.249 e. The predicted octanol–water partition coefficient (Wildman–Crippen LogP) is 2.38. The van der Waals surface area contributed by atoms with Gasteiger partial charge in [-0.3, -0.25) is 9.59 Å². The van der Waals surface area contributed by atoms with E-state index in [9.17, 15) is 14.0 Å². The molecule has 0 radical (unpaired) electrons. The molecule has 0 spiro atoms. The SMILES string of the molecule is CC(C(=O)NC1CCN(c2ccccc2F)C1=O)C(N)c1ccccc1. The summed E-state index contributed by atoms with van der Waals surface area (Å²) in [5.41, 5.74) is 7.28. The molecule has 1 heterocycles. The average Bonchev–Trinajstić information content (AvgIpc) is 3.02. The second-order valence-electron chi connectivity index (χ2n) is 6.52. The van der Waals surface area contributed by atoms with Crippen molar-refractivity contribution >= 4 is 17.5 Å². The van der Waals surface area contributed by atoms with Gasteiger partial charge in [0, 0.05) is 12.6 Å². The number of halogens is 1. The Kier molecular flexibility index (Phi) is 5.32. The largest absolute Gasteiger partial charge is 0.344 e. The number of nitrogens with two attached hydrogens (primary N) is 1. The van der Waals surface area contributed by atoms with Crippen LogP contribution in [0.25, 0.3) is 0 Å². The first kappa shape index (κ1) is 18.1. The first-order chi connectivity index (χ1) is 12.5. The van der Waals surface area contributed by atoms with Crippen molar-refractivity contribution in [1.29, 1.82) is 0 Å². The second-order valence-corrected chi connectivity index (χ2v) is 6.52. The molecule has 1 aliphatic heterocycles. The minimum atomic E-state index is -0.660. The van der Waals surface area contributed by atoms with Crippen molar-refractivity contribution in [3.63, 3.8) is 0 Å². The first-order valence-electron chi connectivity index (χ1n) is 8.66. The zero-order chi connectivity index (χ0) is 18.7. The lowest BCUT2D eigenvalue weighted by molar-refractivity contribution is -0.129. The average molecular weight is 355 g/mol. The van der Waals surface area contributed by atoms with Gasteiger partial charge in [0.1, 0.15) is 11.9 Å². The molecule has 6 heteroatoms. The van der Waals surface area contributed by atoms with E-state index in [4.69, 9.17) is 5.73 Å². The summed E-state index contributed by atoms with van der Waals surface area (Å²) in [5, 5.41) is 2.77. The highest BCUT2D eigenvalue weighted by atomic mass is 19.1.